The van der Waals surface area contributed by atoms with E-state index >= 15 is 0 Å². The van der Waals surface area contributed by atoms with Crippen molar-refractivity contribution in [3.8, 4) is 0 Å². The SMILES string of the molecule is CC1CCC(C(C)C)C(OC(=O)N[C@@]2(C)CCC(=O)NC2=O)C1. The second-order valence-corrected chi connectivity index (χ2v) is 7.60. The average Bonchev–Trinajstić information content (AvgIpc) is 2.43. The summed E-state index contributed by atoms with van der Waals surface area (Å²) in [4.78, 5) is 35.5. The molecule has 0 radical (unpaired) electrons. The fourth-order valence-electron chi connectivity index (χ4n) is 3.57. The van der Waals surface area contributed by atoms with Gasteiger partial charge in [0.1, 0.15) is 11.6 Å². The maximum Gasteiger partial charge on any atom is 0.408 e. The summed E-state index contributed by atoms with van der Waals surface area (Å²) in [6, 6.07) is 0. The number of imide groups is 1. The van der Waals surface area contributed by atoms with Gasteiger partial charge in [-0.25, -0.2) is 4.79 Å². The van der Waals surface area contributed by atoms with Gasteiger partial charge in [0.15, 0.2) is 0 Å². The molecule has 3 unspecified atom stereocenters. The van der Waals surface area contributed by atoms with E-state index in [-0.39, 0.29) is 18.4 Å². The Morgan fingerprint density at radius 1 is 1.35 bits per heavy atom. The first kappa shape index (κ1) is 17.8. The van der Waals surface area contributed by atoms with Crippen LogP contribution in [0.2, 0.25) is 0 Å². The van der Waals surface area contributed by atoms with Gasteiger partial charge in [-0.15, -0.1) is 0 Å². The number of piperidine rings is 1. The van der Waals surface area contributed by atoms with Gasteiger partial charge in [0.2, 0.25) is 5.91 Å². The van der Waals surface area contributed by atoms with E-state index in [4.69, 9.17) is 4.74 Å². The fraction of sp³-hybridized carbons (Fsp3) is 0.824. The molecule has 1 aliphatic heterocycles. The number of amides is 3. The predicted octanol–water partition coefficient (Wildman–Crippen LogP) is 2.37. The summed E-state index contributed by atoms with van der Waals surface area (Å²) in [5.41, 5.74) is -1.08. The molecule has 2 N–H and O–H groups in total. The Morgan fingerprint density at radius 2 is 2.04 bits per heavy atom. The molecule has 6 heteroatoms. The number of carbonyl (C=O) groups is 3. The lowest BCUT2D eigenvalue weighted by Gasteiger charge is -2.38. The third-order valence-corrected chi connectivity index (χ3v) is 5.20. The average molecular weight is 324 g/mol. The van der Waals surface area contributed by atoms with Crippen LogP contribution in [0.5, 0.6) is 0 Å². The van der Waals surface area contributed by atoms with Crippen molar-refractivity contribution in [1.29, 1.82) is 0 Å². The molecule has 1 saturated heterocycles. The van der Waals surface area contributed by atoms with Crippen LogP contribution in [0.3, 0.4) is 0 Å². The first-order valence-corrected chi connectivity index (χ1v) is 8.54. The quantitative estimate of drug-likeness (QED) is 0.781. The largest absolute Gasteiger partial charge is 0.446 e. The van der Waals surface area contributed by atoms with E-state index in [1.807, 2.05) is 0 Å². The van der Waals surface area contributed by atoms with Crippen molar-refractivity contribution < 1.29 is 19.1 Å². The summed E-state index contributed by atoms with van der Waals surface area (Å²) in [6.45, 7) is 8.10. The van der Waals surface area contributed by atoms with E-state index in [0.717, 1.165) is 19.3 Å². The molecule has 0 spiro atoms. The minimum atomic E-state index is -1.08. The second-order valence-electron chi connectivity index (χ2n) is 7.60. The monoisotopic (exact) mass is 324 g/mol. The van der Waals surface area contributed by atoms with Gasteiger partial charge < -0.3 is 10.1 Å². The molecule has 1 aliphatic carbocycles. The van der Waals surface area contributed by atoms with E-state index < -0.39 is 17.5 Å². The van der Waals surface area contributed by atoms with Crippen LogP contribution in [0.4, 0.5) is 4.79 Å². The van der Waals surface area contributed by atoms with Gasteiger partial charge >= 0.3 is 6.09 Å². The summed E-state index contributed by atoms with van der Waals surface area (Å²) in [5.74, 6) is 0.568. The van der Waals surface area contributed by atoms with Crippen LogP contribution < -0.4 is 10.6 Å². The Labute approximate surface area is 137 Å². The summed E-state index contributed by atoms with van der Waals surface area (Å²) in [5, 5.41) is 4.93. The number of hydrogen-bond acceptors (Lipinski definition) is 4. The molecule has 0 aromatic heterocycles. The van der Waals surface area contributed by atoms with Crippen molar-refractivity contribution >= 4 is 17.9 Å². The highest BCUT2D eigenvalue weighted by atomic mass is 16.6. The molecule has 3 amide bonds. The van der Waals surface area contributed by atoms with Crippen LogP contribution in [0.15, 0.2) is 0 Å². The normalized spacial score (nSPS) is 34.9. The predicted molar refractivity (Wildman–Crippen MR) is 85.5 cm³/mol. The molecule has 1 saturated carbocycles. The summed E-state index contributed by atoms with van der Waals surface area (Å²) >= 11 is 0. The van der Waals surface area contributed by atoms with Crippen molar-refractivity contribution in [2.24, 2.45) is 17.8 Å². The van der Waals surface area contributed by atoms with E-state index in [9.17, 15) is 14.4 Å². The molecule has 1 heterocycles. The van der Waals surface area contributed by atoms with Crippen molar-refractivity contribution in [2.45, 2.75) is 71.4 Å². The highest BCUT2D eigenvalue weighted by molar-refractivity contribution is 6.03. The second kappa shape index (κ2) is 6.89. The zero-order valence-electron chi connectivity index (χ0n) is 14.5. The van der Waals surface area contributed by atoms with Gasteiger partial charge in [0.05, 0.1) is 0 Å². The zero-order chi connectivity index (χ0) is 17.2. The number of ether oxygens (including phenoxy) is 1. The van der Waals surface area contributed by atoms with E-state index in [1.165, 1.54) is 0 Å². The van der Waals surface area contributed by atoms with E-state index in [0.29, 0.717) is 24.2 Å². The standard InChI is InChI=1S/C17H28N2O4/c1-10(2)12-6-5-11(3)9-13(12)23-16(22)19-17(4)8-7-14(20)18-15(17)21/h10-13H,5-9H2,1-4H3,(H,19,22)(H,18,20,21)/t11?,12?,13?,17-/m0/s1. The minimum Gasteiger partial charge on any atom is -0.446 e. The third-order valence-electron chi connectivity index (χ3n) is 5.20. The summed E-state index contributed by atoms with van der Waals surface area (Å²) in [7, 11) is 0. The van der Waals surface area contributed by atoms with Gasteiger partial charge in [-0.1, -0.05) is 27.2 Å². The van der Waals surface area contributed by atoms with Crippen LogP contribution in [0, 0.1) is 17.8 Å². The van der Waals surface area contributed by atoms with Crippen LogP contribution in [-0.2, 0) is 14.3 Å². The molecule has 2 fully saturated rings. The molecule has 6 nitrogen and oxygen atoms in total. The van der Waals surface area contributed by atoms with Crippen molar-refractivity contribution in [3.63, 3.8) is 0 Å². The summed E-state index contributed by atoms with van der Waals surface area (Å²) < 4.78 is 5.66. The minimum absolute atomic E-state index is 0.115. The third kappa shape index (κ3) is 4.24. The Kier molecular flexibility index (Phi) is 5.32. The van der Waals surface area contributed by atoms with E-state index in [1.54, 1.807) is 6.92 Å². The number of alkyl carbamates (subject to hydrolysis) is 1. The number of nitrogens with one attached hydrogen (secondary N) is 2. The van der Waals surface area contributed by atoms with Gasteiger partial charge in [0.25, 0.3) is 5.91 Å². The van der Waals surface area contributed by atoms with Gasteiger partial charge in [-0.3, -0.25) is 14.9 Å². The van der Waals surface area contributed by atoms with Crippen LogP contribution >= 0.6 is 0 Å². The van der Waals surface area contributed by atoms with Crippen LogP contribution in [-0.4, -0.2) is 29.6 Å². The van der Waals surface area contributed by atoms with Gasteiger partial charge in [-0.2, -0.15) is 0 Å². The Balaban J connectivity index is 1.97. The van der Waals surface area contributed by atoms with Gasteiger partial charge in [-0.05, 0) is 43.9 Å². The zero-order valence-corrected chi connectivity index (χ0v) is 14.5. The molecule has 130 valence electrons. The molecule has 23 heavy (non-hydrogen) atoms. The maximum absolute atomic E-state index is 12.3. The van der Waals surface area contributed by atoms with Crippen LogP contribution in [0.25, 0.3) is 0 Å². The van der Waals surface area contributed by atoms with E-state index in [2.05, 4.69) is 31.4 Å². The molecule has 0 aromatic rings. The molecular formula is C17H28N2O4. The Bertz CT molecular complexity index is 491. The van der Waals surface area contributed by atoms with Crippen molar-refractivity contribution in [2.75, 3.05) is 0 Å². The Hall–Kier alpha value is -1.59. The number of carbonyl (C=O) groups excluding carboxylic acids is 3. The highest BCUT2D eigenvalue weighted by Crippen LogP contribution is 2.35. The first-order valence-electron chi connectivity index (χ1n) is 8.54. The summed E-state index contributed by atoms with van der Waals surface area (Å²) in [6.07, 6.45) is 2.91. The van der Waals surface area contributed by atoms with Crippen molar-refractivity contribution in [3.05, 3.63) is 0 Å². The van der Waals surface area contributed by atoms with Gasteiger partial charge in [0, 0.05) is 6.42 Å². The fourth-order valence-corrected chi connectivity index (χ4v) is 3.57. The Morgan fingerprint density at radius 3 is 2.65 bits per heavy atom. The molecule has 4 atom stereocenters. The molecule has 2 aliphatic rings. The van der Waals surface area contributed by atoms with Crippen molar-refractivity contribution in [1.82, 2.24) is 10.6 Å². The smallest absolute Gasteiger partial charge is 0.408 e. The lowest BCUT2D eigenvalue weighted by atomic mass is 9.75. The maximum atomic E-state index is 12.3. The number of rotatable bonds is 3. The lowest BCUT2D eigenvalue weighted by molar-refractivity contribution is -0.138. The highest BCUT2D eigenvalue weighted by Gasteiger charge is 2.41. The first-order chi connectivity index (χ1) is 10.7. The van der Waals surface area contributed by atoms with Crippen LogP contribution in [0.1, 0.15) is 59.8 Å². The molecule has 0 aromatic carbocycles. The topological polar surface area (TPSA) is 84.5 Å². The molecule has 2 rings (SSSR count). The lowest BCUT2D eigenvalue weighted by Crippen LogP contribution is -2.61. The molecular weight excluding hydrogens is 296 g/mol. The number of hydrogen-bond donors (Lipinski definition) is 2. The molecule has 0 bridgehead atoms.